The van der Waals surface area contributed by atoms with Gasteiger partial charge in [0.1, 0.15) is 6.29 Å². The smallest absolute Gasteiger partial charge is 0.399 e. The van der Waals surface area contributed by atoms with E-state index in [0.29, 0.717) is 12.2 Å². The maximum atomic E-state index is 11.5. The molecule has 0 aliphatic carbocycles. The lowest BCUT2D eigenvalue weighted by atomic mass is 9.74. The van der Waals surface area contributed by atoms with E-state index in [9.17, 15) is 4.79 Å². The molecule has 1 saturated heterocycles. The lowest BCUT2D eigenvalue weighted by molar-refractivity contribution is 0.00578. The summed E-state index contributed by atoms with van der Waals surface area (Å²) in [6, 6.07) is 3.91. The molecule has 0 saturated carbocycles. The first-order valence-corrected chi connectivity index (χ1v) is 7.15. The molecule has 0 amide bonds. The SMILES string of the molecule is COCc1cc(C)cc(B2OC(C)(C)C(C)(C)O2)c1C=O. The predicted molar refractivity (Wildman–Crippen MR) is 83.0 cm³/mol. The van der Waals surface area contributed by atoms with E-state index in [0.717, 1.165) is 22.9 Å². The molecule has 1 aliphatic rings. The third kappa shape index (κ3) is 2.91. The molecule has 1 aromatic carbocycles. The second-order valence-electron chi connectivity index (χ2n) is 6.57. The molecule has 5 heteroatoms. The Balaban J connectivity index is 2.47. The number of ether oxygens (including phenoxy) is 1. The molecule has 21 heavy (non-hydrogen) atoms. The van der Waals surface area contributed by atoms with Crippen molar-refractivity contribution in [2.24, 2.45) is 0 Å². The third-order valence-electron chi connectivity index (χ3n) is 4.37. The number of rotatable bonds is 4. The molecule has 1 heterocycles. The quantitative estimate of drug-likeness (QED) is 0.630. The largest absolute Gasteiger partial charge is 0.495 e. The number of hydrogen-bond donors (Lipinski definition) is 0. The van der Waals surface area contributed by atoms with Crippen LogP contribution in [-0.4, -0.2) is 31.7 Å². The molecular weight excluding hydrogens is 267 g/mol. The Bertz CT molecular complexity index is 535. The second kappa shape index (κ2) is 5.56. The molecule has 0 atom stereocenters. The number of hydrogen-bond acceptors (Lipinski definition) is 4. The molecule has 114 valence electrons. The molecule has 0 N–H and O–H groups in total. The lowest BCUT2D eigenvalue weighted by Crippen LogP contribution is -2.41. The van der Waals surface area contributed by atoms with Crippen LogP contribution in [0.25, 0.3) is 0 Å². The molecule has 0 spiro atoms. The number of benzene rings is 1. The van der Waals surface area contributed by atoms with Crippen molar-refractivity contribution in [2.45, 2.75) is 52.4 Å². The zero-order chi connectivity index (χ0) is 15.8. The fourth-order valence-corrected chi connectivity index (χ4v) is 2.49. The van der Waals surface area contributed by atoms with Gasteiger partial charge in [0.05, 0.1) is 17.8 Å². The van der Waals surface area contributed by atoms with Crippen molar-refractivity contribution in [1.29, 1.82) is 0 Å². The van der Waals surface area contributed by atoms with E-state index < -0.39 is 18.3 Å². The molecule has 0 radical (unpaired) electrons. The van der Waals surface area contributed by atoms with Gasteiger partial charge in [0, 0.05) is 12.7 Å². The summed E-state index contributed by atoms with van der Waals surface area (Å²) in [5.74, 6) is 0. The van der Waals surface area contributed by atoms with Gasteiger partial charge in [0.2, 0.25) is 0 Å². The van der Waals surface area contributed by atoms with E-state index in [-0.39, 0.29) is 0 Å². The van der Waals surface area contributed by atoms with Gasteiger partial charge in [-0.05, 0) is 45.6 Å². The van der Waals surface area contributed by atoms with E-state index >= 15 is 0 Å². The Morgan fingerprint density at radius 1 is 1.19 bits per heavy atom. The minimum absolute atomic E-state index is 0.391. The fourth-order valence-electron chi connectivity index (χ4n) is 2.49. The summed E-state index contributed by atoms with van der Waals surface area (Å²) in [7, 11) is 1.08. The highest BCUT2D eigenvalue weighted by atomic mass is 16.7. The highest BCUT2D eigenvalue weighted by Gasteiger charge is 2.52. The highest BCUT2D eigenvalue weighted by molar-refractivity contribution is 6.63. The Kier molecular flexibility index (Phi) is 4.29. The lowest BCUT2D eigenvalue weighted by Gasteiger charge is -2.32. The van der Waals surface area contributed by atoms with Crippen LogP contribution < -0.4 is 5.46 Å². The van der Waals surface area contributed by atoms with Crippen molar-refractivity contribution in [1.82, 2.24) is 0 Å². The van der Waals surface area contributed by atoms with E-state index in [1.165, 1.54) is 0 Å². The van der Waals surface area contributed by atoms with Gasteiger partial charge in [-0.3, -0.25) is 4.79 Å². The molecule has 4 nitrogen and oxygen atoms in total. The Labute approximate surface area is 126 Å². The zero-order valence-corrected chi connectivity index (χ0v) is 13.6. The summed E-state index contributed by atoms with van der Waals surface area (Å²) < 4.78 is 17.3. The van der Waals surface area contributed by atoms with Crippen LogP contribution in [0.1, 0.15) is 49.2 Å². The van der Waals surface area contributed by atoms with Gasteiger partial charge in [-0.15, -0.1) is 0 Å². The number of carbonyl (C=O) groups is 1. The summed E-state index contributed by atoms with van der Waals surface area (Å²) in [5.41, 5.74) is 2.43. The Morgan fingerprint density at radius 3 is 2.24 bits per heavy atom. The Hall–Kier alpha value is -1.17. The average Bonchev–Trinajstić information content (AvgIpc) is 2.58. The normalized spacial score (nSPS) is 19.8. The Morgan fingerprint density at radius 2 is 1.76 bits per heavy atom. The molecular formula is C16H23BO4. The first kappa shape index (κ1) is 16.2. The van der Waals surface area contributed by atoms with Crippen LogP contribution in [0, 0.1) is 6.92 Å². The highest BCUT2D eigenvalue weighted by Crippen LogP contribution is 2.36. The minimum Gasteiger partial charge on any atom is -0.399 e. The van der Waals surface area contributed by atoms with Crippen molar-refractivity contribution in [3.8, 4) is 0 Å². The third-order valence-corrected chi connectivity index (χ3v) is 4.37. The van der Waals surface area contributed by atoms with Crippen LogP contribution in [0.3, 0.4) is 0 Å². The number of aryl methyl sites for hydroxylation is 1. The standard InChI is InChI=1S/C16H23BO4/c1-11-7-12(10-19-6)13(9-18)14(8-11)17-20-15(2,3)16(4,5)21-17/h7-9H,10H2,1-6H3. The second-order valence-corrected chi connectivity index (χ2v) is 6.57. The molecule has 0 bridgehead atoms. The summed E-state index contributed by atoms with van der Waals surface area (Å²) in [6.45, 7) is 10.4. The maximum Gasteiger partial charge on any atom is 0.495 e. The molecule has 2 rings (SSSR count). The van der Waals surface area contributed by atoms with Gasteiger partial charge in [-0.2, -0.15) is 0 Å². The van der Waals surface area contributed by atoms with E-state index in [1.54, 1.807) is 7.11 Å². The monoisotopic (exact) mass is 290 g/mol. The van der Waals surface area contributed by atoms with Crippen LogP contribution in [0.2, 0.25) is 0 Å². The summed E-state index contributed by atoms with van der Waals surface area (Å²) in [5, 5.41) is 0. The fraction of sp³-hybridized carbons (Fsp3) is 0.562. The van der Waals surface area contributed by atoms with Crippen molar-refractivity contribution < 1.29 is 18.8 Å². The van der Waals surface area contributed by atoms with Crippen molar-refractivity contribution in [3.63, 3.8) is 0 Å². The molecule has 0 unspecified atom stereocenters. The van der Waals surface area contributed by atoms with E-state index in [2.05, 4.69) is 0 Å². The van der Waals surface area contributed by atoms with Gasteiger partial charge in [0.15, 0.2) is 0 Å². The van der Waals surface area contributed by atoms with Crippen LogP contribution in [0.4, 0.5) is 0 Å². The van der Waals surface area contributed by atoms with Crippen LogP contribution in [0.5, 0.6) is 0 Å². The van der Waals surface area contributed by atoms with Crippen molar-refractivity contribution >= 4 is 18.9 Å². The van der Waals surface area contributed by atoms with E-state index in [4.69, 9.17) is 14.0 Å². The van der Waals surface area contributed by atoms with Crippen molar-refractivity contribution in [2.75, 3.05) is 7.11 Å². The van der Waals surface area contributed by atoms with Crippen LogP contribution in [-0.2, 0) is 20.7 Å². The molecule has 1 fully saturated rings. The molecule has 0 aromatic heterocycles. The van der Waals surface area contributed by atoms with Gasteiger partial charge < -0.3 is 14.0 Å². The minimum atomic E-state index is -0.536. The van der Waals surface area contributed by atoms with Crippen molar-refractivity contribution in [3.05, 3.63) is 28.8 Å². The van der Waals surface area contributed by atoms with Crippen LogP contribution in [0.15, 0.2) is 12.1 Å². The predicted octanol–water partition coefficient (Wildman–Crippen LogP) is 2.25. The average molecular weight is 290 g/mol. The molecule has 1 aliphatic heterocycles. The van der Waals surface area contributed by atoms with Gasteiger partial charge in [-0.25, -0.2) is 0 Å². The number of methoxy groups -OCH3 is 1. The van der Waals surface area contributed by atoms with E-state index in [1.807, 2.05) is 46.8 Å². The first-order chi connectivity index (χ1) is 9.71. The van der Waals surface area contributed by atoms with Crippen LogP contribution >= 0.6 is 0 Å². The topological polar surface area (TPSA) is 44.8 Å². The first-order valence-electron chi connectivity index (χ1n) is 7.15. The zero-order valence-electron chi connectivity index (χ0n) is 13.6. The van der Waals surface area contributed by atoms with Gasteiger partial charge in [-0.1, -0.05) is 17.7 Å². The number of carbonyl (C=O) groups excluding carboxylic acids is 1. The summed E-state index contributed by atoms with van der Waals surface area (Å²) in [4.78, 5) is 11.5. The summed E-state index contributed by atoms with van der Waals surface area (Å²) >= 11 is 0. The van der Waals surface area contributed by atoms with Gasteiger partial charge >= 0.3 is 7.12 Å². The summed E-state index contributed by atoms with van der Waals surface area (Å²) in [6.07, 6.45) is 0.855. The maximum absolute atomic E-state index is 11.5. The number of aldehydes is 1. The van der Waals surface area contributed by atoms with Gasteiger partial charge in [0.25, 0.3) is 0 Å². The molecule has 1 aromatic rings.